The Morgan fingerprint density at radius 3 is 2.58 bits per heavy atom. The molecule has 6 heteroatoms. The molecule has 0 aliphatic rings. The number of carbonyl (C=O) groups excluding carboxylic acids is 1. The first-order valence-electron chi connectivity index (χ1n) is 5.29. The molecule has 0 heterocycles. The van der Waals surface area contributed by atoms with Crippen molar-refractivity contribution in [2.45, 2.75) is 0 Å². The summed E-state index contributed by atoms with van der Waals surface area (Å²) in [6.45, 7) is 0. The molecule has 3 nitrogen and oxygen atoms in total. The first kappa shape index (κ1) is 14.4. The van der Waals surface area contributed by atoms with E-state index < -0.39 is 0 Å². The van der Waals surface area contributed by atoms with Gasteiger partial charge in [-0.2, -0.15) is 0 Å². The molecule has 19 heavy (non-hydrogen) atoms. The second-order valence-corrected chi connectivity index (χ2v) is 5.99. The number of rotatable bonds is 2. The Kier molecular flexibility index (Phi) is 4.50. The van der Waals surface area contributed by atoms with Gasteiger partial charge in [-0.15, -0.1) is 0 Å². The molecule has 0 aromatic heterocycles. The monoisotopic (exact) mass is 402 g/mol. The number of halogens is 3. The van der Waals surface area contributed by atoms with Crippen LogP contribution in [0.1, 0.15) is 10.4 Å². The highest BCUT2D eigenvalue weighted by atomic mass is 79.9. The van der Waals surface area contributed by atoms with Gasteiger partial charge >= 0.3 is 0 Å². The van der Waals surface area contributed by atoms with Crippen molar-refractivity contribution in [2.75, 3.05) is 11.1 Å². The number of nitrogens with one attached hydrogen (secondary N) is 1. The number of benzene rings is 2. The molecule has 0 atom stereocenters. The molecule has 0 fully saturated rings. The summed E-state index contributed by atoms with van der Waals surface area (Å²) in [6, 6.07) is 10.3. The molecule has 0 unspecified atom stereocenters. The molecule has 2 aromatic rings. The molecule has 0 saturated carbocycles. The lowest BCUT2D eigenvalue weighted by molar-refractivity contribution is 0.102. The Morgan fingerprint density at radius 1 is 1.16 bits per heavy atom. The summed E-state index contributed by atoms with van der Waals surface area (Å²) in [5.41, 5.74) is 7.32. The molecule has 1 amide bonds. The maximum atomic E-state index is 12.1. The van der Waals surface area contributed by atoms with Crippen LogP contribution in [0.2, 0.25) is 5.02 Å². The highest BCUT2D eigenvalue weighted by molar-refractivity contribution is 9.10. The lowest BCUT2D eigenvalue weighted by Gasteiger charge is -2.08. The molecule has 0 radical (unpaired) electrons. The maximum absolute atomic E-state index is 12.1. The number of anilines is 2. The van der Waals surface area contributed by atoms with E-state index in [0.717, 1.165) is 8.95 Å². The molecule has 0 spiro atoms. The van der Waals surface area contributed by atoms with E-state index in [2.05, 4.69) is 37.2 Å². The van der Waals surface area contributed by atoms with Gasteiger partial charge in [0.2, 0.25) is 0 Å². The van der Waals surface area contributed by atoms with Gasteiger partial charge in [0.05, 0.1) is 10.6 Å². The zero-order chi connectivity index (χ0) is 14.0. The van der Waals surface area contributed by atoms with E-state index in [1.807, 2.05) is 0 Å². The topological polar surface area (TPSA) is 55.1 Å². The fourth-order valence-corrected chi connectivity index (χ4v) is 2.30. The number of hydrogen-bond donors (Lipinski definition) is 2. The average Bonchev–Trinajstić information content (AvgIpc) is 2.36. The van der Waals surface area contributed by atoms with E-state index in [9.17, 15) is 4.79 Å². The van der Waals surface area contributed by atoms with Crippen molar-refractivity contribution in [3.63, 3.8) is 0 Å². The first-order chi connectivity index (χ1) is 8.97. The normalized spacial score (nSPS) is 10.3. The van der Waals surface area contributed by atoms with E-state index in [1.165, 1.54) is 0 Å². The second-order valence-electron chi connectivity index (χ2n) is 3.81. The van der Waals surface area contributed by atoms with Gasteiger partial charge < -0.3 is 11.1 Å². The summed E-state index contributed by atoms with van der Waals surface area (Å²) in [5, 5.41) is 3.14. The number of nitrogen functional groups attached to an aromatic ring is 1. The van der Waals surface area contributed by atoms with Gasteiger partial charge in [0.15, 0.2) is 0 Å². The Balaban J connectivity index is 2.25. The minimum Gasteiger partial charge on any atom is -0.398 e. The van der Waals surface area contributed by atoms with Crippen molar-refractivity contribution in [1.82, 2.24) is 0 Å². The van der Waals surface area contributed by atoms with Crippen LogP contribution in [0, 0.1) is 0 Å². The predicted molar refractivity (Wildman–Crippen MR) is 85.7 cm³/mol. The van der Waals surface area contributed by atoms with Crippen molar-refractivity contribution in [2.24, 2.45) is 0 Å². The number of carbonyl (C=O) groups is 1. The Labute approximate surface area is 132 Å². The lowest BCUT2D eigenvalue weighted by Crippen LogP contribution is -2.12. The third-order valence-corrected chi connectivity index (χ3v) is 3.97. The third-order valence-electron chi connectivity index (χ3n) is 2.43. The van der Waals surface area contributed by atoms with Gasteiger partial charge in [0.1, 0.15) is 0 Å². The lowest BCUT2D eigenvalue weighted by atomic mass is 10.2. The van der Waals surface area contributed by atoms with Crippen molar-refractivity contribution < 1.29 is 4.79 Å². The fraction of sp³-hybridized carbons (Fsp3) is 0. The molecule has 0 aliphatic carbocycles. The van der Waals surface area contributed by atoms with Crippen LogP contribution in [0.5, 0.6) is 0 Å². The molecule has 0 bridgehead atoms. The summed E-state index contributed by atoms with van der Waals surface area (Å²) in [7, 11) is 0. The maximum Gasteiger partial charge on any atom is 0.257 e. The van der Waals surface area contributed by atoms with Gasteiger partial charge in [-0.05, 0) is 52.3 Å². The SMILES string of the molecule is Nc1cc(NC(=O)c2cc(Br)ccc2Cl)ccc1Br. The van der Waals surface area contributed by atoms with Crippen LogP contribution in [0.4, 0.5) is 11.4 Å². The van der Waals surface area contributed by atoms with Gasteiger partial charge in [0.25, 0.3) is 5.91 Å². The molecule has 2 rings (SSSR count). The predicted octanol–water partition coefficient (Wildman–Crippen LogP) is 4.70. The summed E-state index contributed by atoms with van der Waals surface area (Å²) in [4.78, 5) is 12.1. The van der Waals surface area contributed by atoms with Crippen LogP contribution in [0.25, 0.3) is 0 Å². The van der Waals surface area contributed by atoms with E-state index in [0.29, 0.717) is 22.0 Å². The highest BCUT2D eigenvalue weighted by Crippen LogP contribution is 2.25. The molecule has 0 aliphatic heterocycles. The Hall–Kier alpha value is -1.04. The van der Waals surface area contributed by atoms with Gasteiger partial charge in [-0.25, -0.2) is 0 Å². The number of nitrogens with two attached hydrogens (primary N) is 1. The number of amides is 1. The van der Waals surface area contributed by atoms with Crippen LogP contribution in [0.15, 0.2) is 45.3 Å². The second kappa shape index (κ2) is 5.94. The third kappa shape index (κ3) is 3.49. The van der Waals surface area contributed by atoms with Gasteiger partial charge in [-0.1, -0.05) is 27.5 Å². The minimum atomic E-state index is -0.284. The summed E-state index contributed by atoms with van der Waals surface area (Å²) in [5.74, 6) is -0.284. The van der Waals surface area contributed by atoms with Crippen molar-refractivity contribution in [1.29, 1.82) is 0 Å². The first-order valence-corrected chi connectivity index (χ1v) is 7.25. The fourth-order valence-electron chi connectivity index (χ4n) is 1.49. The van der Waals surface area contributed by atoms with E-state index in [4.69, 9.17) is 17.3 Å². The standard InChI is InChI=1S/C13H9Br2ClN2O/c14-7-1-4-11(16)9(5-7)13(19)18-8-2-3-10(15)12(17)6-8/h1-6H,17H2,(H,18,19). The minimum absolute atomic E-state index is 0.284. The zero-order valence-corrected chi connectivity index (χ0v) is 13.5. The number of hydrogen-bond acceptors (Lipinski definition) is 2. The smallest absolute Gasteiger partial charge is 0.257 e. The zero-order valence-electron chi connectivity index (χ0n) is 9.58. The summed E-state index contributed by atoms with van der Waals surface area (Å²) < 4.78 is 1.57. The molecule has 3 N–H and O–H groups in total. The largest absolute Gasteiger partial charge is 0.398 e. The van der Waals surface area contributed by atoms with Crippen molar-refractivity contribution >= 4 is 60.7 Å². The Bertz CT molecular complexity index is 647. The van der Waals surface area contributed by atoms with Gasteiger partial charge in [0, 0.05) is 20.3 Å². The van der Waals surface area contributed by atoms with Crippen LogP contribution in [-0.2, 0) is 0 Å². The average molecular weight is 404 g/mol. The van der Waals surface area contributed by atoms with Crippen LogP contribution < -0.4 is 11.1 Å². The molecular weight excluding hydrogens is 395 g/mol. The molecule has 2 aromatic carbocycles. The van der Waals surface area contributed by atoms with Gasteiger partial charge in [-0.3, -0.25) is 4.79 Å². The van der Waals surface area contributed by atoms with Crippen LogP contribution in [0.3, 0.4) is 0 Å². The van der Waals surface area contributed by atoms with Crippen molar-refractivity contribution in [3.8, 4) is 0 Å². The van der Waals surface area contributed by atoms with E-state index >= 15 is 0 Å². The quantitative estimate of drug-likeness (QED) is 0.713. The Morgan fingerprint density at radius 2 is 1.89 bits per heavy atom. The van der Waals surface area contributed by atoms with Crippen LogP contribution in [-0.4, -0.2) is 5.91 Å². The van der Waals surface area contributed by atoms with E-state index in [-0.39, 0.29) is 5.91 Å². The van der Waals surface area contributed by atoms with Crippen molar-refractivity contribution in [3.05, 3.63) is 55.9 Å². The van der Waals surface area contributed by atoms with E-state index in [1.54, 1.807) is 36.4 Å². The molecule has 0 saturated heterocycles. The molecule has 98 valence electrons. The molecular formula is C13H9Br2ClN2O. The highest BCUT2D eigenvalue weighted by Gasteiger charge is 2.11. The summed E-state index contributed by atoms with van der Waals surface area (Å²) >= 11 is 12.6. The van der Waals surface area contributed by atoms with Crippen LogP contribution >= 0.6 is 43.5 Å². The summed E-state index contributed by atoms with van der Waals surface area (Å²) in [6.07, 6.45) is 0.